The van der Waals surface area contributed by atoms with E-state index in [0.29, 0.717) is 50.7 Å². The molecule has 3 aliphatic heterocycles. The number of rotatable bonds is 12. The van der Waals surface area contributed by atoms with Crippen LogP contribution in [0.3, 0.4) is 0 Å². The Labute approximate surface area is 432 Å². The van der Waals surface area contributed by atoms with Crippen LogP contribution in [-0.2, 0) is 14.4 Å². The summed E-state index contributed by atoms with van der Waals surface area (Å²) >= 11 is 0. The first kappa shape index (κ1) is 53.4. The molecule has 0 N–H and O–H groups in total. The molecule has 0 radical (unpaired) electrons. The fraction of sp³-hybridized carbons (Fsp3) is 0.350. The van der Waals surface area contributed by atoms with Crippen LogP contribution < -0.4 is 29.5 Å². The first-order valence-electron chi connectivity index (χ1n) is 24.3. The average Bonchev–Trinajstić information content (AvgIpc) is 3.29. The molecule has 3 heterocycles. The maximum Gasteiger partial charge on any atom is 3.00 e. The molecule has 6 aliphatic rings. The third kappa shape index (κ3) is 11.1. The quantitative estimate of drug-likeness (QED) is 0.173. The van der Waals surface area contributed by atoms with Crippen LogP contribution in [0.25, 0.3) is 18.2 Å². The molecule has 0 saturated heterocycles. The number of unbranched alkanes of at least 4 members (excludes halogenated alkanes) is 3. The van der Waals surface area contributed by atoms with E-state index in [-0.39, 0.29) is 42.1 Å². The van der Waals surface area contributed by atoms with Gasteiger partial charge in [-0.15, -0.1) is 0 Å². The molecule has 70 heavy (non-hydrogen) atoms. The molecular formula is C60H63InO9. The van der Waals surface area contributed by atoms with E-state index in [9.17, 15) is 29.7 Å². The summed E-state index contributed by atoms with van der Waals surface area (Å²) in [5.41, 5.74) is 7.20. The third-order valence-electron chi connectivity index (χ3n) is 13.6. The molecule has 9 rings (SSSR count). The van der Waals surface area contributed by atoms with Gasteiger partial charge in [0.2, 0.25) is 0 Å². The van der Waals surface area contributed by atoms with Gasteiger partial charge in [0.15, 0.2) is 0 Å². The molecule has 0 aromatic heterocycles. The van der Waals surface area contributed by atoms with Crippen LogP contribution in [0.5, 0.6) is 17.2 Å². The van der Waals surface area contributed by atoms with E-state index < -0.39 is 17.9 Å². The smallest absolute Gasteiger partial charge is 0.545 e. The van der Waals surface area contributed by atoms with Crippen molar-refractivity contribution in [2.75, 3.05) is 0 Å². The van der Waals surface area contributed by atoms with Gasteiger partial charge >= 0.3 is 25.8 Å². The minimum absolute atomic E-state index is 0. The number of aliphatic carboxylic acids is 3. The number of carbonyl (C=O) groups is 3. The maximum absolute atomic E-state index is 11.9. The summed E-state index contributed by atoms with van der Waals surface area (Å²) in [6.45, 7) is 18.5. The molecule has 3 aliphatic carbocycles. The average molecular weight is 1040 g/mol. The Bertz CT molecular complexity index is 2560. The number of hydrogen-bond acceptors (Lipinski definition) is 9. The van der Waals surface area contributed by atoms with Crippen LogP contribution in [0.2, 0.25) is 0 Å². The zero-order valence-corrected chi connectivity index (χ0v) is 45.3. The Hall–Kier alpha value is -6.00. The van der Waals surface area contributed by atoms with Gasteiger partial charge in [-0.05, 0) is 93.2 Å². The minimum atomic E-state index is -1.12. The van der Waals surface area contributed by atoms with Crippen LogP contribution in [-0.4, -0.2) is 43.8 Å². The zero-order chi connectivity index (χ0) is 49.8. The maximum atomic E-state index is 11.9. The molecule has 0 amide bonds. The van der Waals surface area contributed by atoms with Crippen LogP contribution >= 0.6 is 0 Å². The van der Waals surface area contributed by atoms with E-state index in [0.717, 1.165) is 108 Å². The molecule has 3 aromatic carbocycles. The number of hydrogen-bond donors (Lipinski definition) is 0. The number of para-hydroxylation sites is 3. The summed E-state index contributed by atoms with van der Waals surface area (Å²) < 4.78 is 17.9. The fourth-order valence-corrected chi connectivity index (χ4v) is 9.99. The minimum Gasteiger partial charge on any atom is -0.545 e. The van der Waals surface area contributed by atoms with Crippen molar-refractivity contribution in [3.05, 3.63) is 175 Å². The topological polar surface area (TPSA) is 148 Å². The van der Waals surface area contributed by atoms with Crippen molar-refractivity contribution in [2.24, 2.45) is 16.2 Å². The molecule has 3 aromatic rings. The summed E-state index contributed by atoms with van der Waals surface area (Å²) in [4.78, 5) is 35.7. The Balaban J connectivity index is 0.000000171. The molecule has 0 saturated carbocycles. The van der Waals surface area contributed by atoms with Gasteiger partial charge in [-0.2, -0.15) is 0 Å². The summed E-state index contributed by atoms with van der Waals surface area (Å²) in [5.74, 6) is 0.764. The predicted molar refractivity (Wildman–Crippen MR) is 271 cm³/mol. The Morgan fingerprint density at radius 3 is 0.900 bits per heavy atom. The van der Waals surface area contributed by atoms with Gasteiger partial charge in [-0.25, -0.2) is 0 Å². The summed E-state index contributed by atoms with van der Waals surface area (Å²) in [5, 5.41) is 35.7. The Kier molecular flexibility index (Phi) is 16.7. The second-order valence-corrected chi connectivity index (χ2v) is 20.0. The van der Waals surface area contributed by atoms with Crippen molar-refractivity contribution in [3.63, 3.8) is 0 Å². The zero-order valence-electron chi connectivity index (χ0n) is 42.0. The van der Waals surface area contributed by atoms with E-state index in [4.69, 9.17) is 14.2 Å². The van der Waals surface area contributed by atoms with Crippen molar-refractivity contribution in [1.29, 1.82) is 0 Å². The Morgan fingerprint density at radius 2 is 0.671 bits per heavy atom. The van der Waals surface area contributed by atoms with Crippen LogP contribution in [0.15, 0.2) is 158 Å². The van der Waals surface area contributed by atoms with Gasteiger partial charge in [0.25, 0.3) is 0 Å². The van der Waals surface area contributed by atoms with Crippen LogP contribution in [0.4, 0.5) is 0 Å². The van der Waals surface area contributed by atoms with Crippen molar-refractivity contribution in [2.45, 2.75) is 120 Å². The second kappa shape index (κ2) is 22.0. The Morgan fingerprint density at radius 1 is 0.429 bits per heavy atom. The molecule has 0 spiro atoms. The van der Waals surface area contributed by atoms with E-state index >= 15 is 0 Å². The second-order valence-electron chi connectivity index (χ2n) is 20.0. The normalized spacial score (nSPS) is 18.1. The van der Waals surface area contributed by atoms with E-state index in [1.807, 2.05) is 151 Å². The van der Waals surface area contributed by atoms with Crippen molar-refractivity contribution in [1.82, 2.24) is 0 Å². The largest absolute Gasteiger partial charge is 3.00 e. The summed E-state index contributed by atoms with van der Waals surface area (Å²) in [6.07, 6.45) is 20.0. The number of carboxylic acids is 3. The van der Waals surface area contributed by atoms with Gasteiger partial charge in [0, 0.05) is 66.4 Å². The van der Waals surface area contributed by atoms with Crippen molar-refractivity contribution >= 4 is 62.0 Å². The third-order valence-corrected chi connectivity index (χ3v) is 13.6. The molecule has 0 unspecified atom stereocenters. The van der Waals surface area contributed by atoms with Gasteiger partial charge in [0.1, 0.15) is 34.5 Å². The first-order chi connectivity index (χ1) is 32.8. The number of allylic oxidation sites excluding steroid dienone is 9. The molecule has 9 nitrogen and oxygen atoms in total. The van der Waals surface area contributed by atoms with E-state index in [2.05, 4.69) is 20.8 Å². The van der Waals surface area contributed by atoms with Crippen LogP contribution in [0, 0.1) is 16.2 Å². The molecule has 360 valence electrons. The number of carboxylic acid groups (broad SMARTS) is 3. The SMILES string of the molecule is CCCCC1=C(C(=O)[O-])C2=Cc3ccccc3OC2=CC1(C)C.CCCCC1=C(C(=O)[O-])C2=Cc3ccccc3OC2=CC1(C)C.CCCCC1=C(C(=O)[O-])C2=Cc3ccccc3OC2=CC1(C)C.[In+3]. The first-order valence-corrected chi connectivity index (χ1v) is 24.3. The van der Waals surface area contributed by atoms with Crippen LogP contribution in [0.1, 0.15) is 137 Å². The number of ether oxygens (including phenoxy) is 3. The van der Waals surface area contributed by atoms with Gasteiger partial charge in [-0.3, -0.25) is 0 Å². The molecule has 10 heteroatoms. The monoisotopic (exact) mass is 1040 g/mol. The predicted octanol–water partition coefficient (Wildman–Crippen LogP) is 10.5. The molecule has 0 atom stereocenters. The van der Waals surface area contributed by atoms with Crippen molar-refractivity contribution in [3.8, 4) is 17.2 Å². The molecule has 0 bridgehead atoms. The molecule has 0 fully saturated rings. The summed E-state index contributed by atoms with van der Waals surface area (Å²) in [7, 11) is 0. The number of fused-ring (bicyclic) bond motifs is 6. The standard InChI is InChI=1S/3C20H22O3.In/c3*1-4-5-9-15-18(19(21)22)14-11-13-8-6-7-10-16(13)23-17(14)12-20(15,2)3;/h3*6-8,10-12H,4-5,9H2,1-3H3,(H,21,22);/q;;;+3/p-3. The van der Waals surface area contributed by atoms with Gasteiger partial charge in [-0.1, -0.05) is 153 Å². The molecular weight excluding hydrogens is 979 g/mol. The van der Waals surface area contributed by atoms with Crippen molar-refractivity contribution < 1.29 is 43.9 Å². The fourth-order valence-electron chi connectivity index (χ4n) is 9.99. The van der Waals surface area contributed by atoms with Gasteiger partial charge < -0.3 is 43.9 Å². The number of carbonyl (C=O) groups excluding carboxylic acids is 3. The van der Waals surface area contributed by atoms with Gasteiger partial charge in [0.05, 0.1) is 17.9 Å². The summed E-state index contributed by atoms with van der Waals surface area (Å²) in [6, 6.07) is 23.0. The van der Waals surface area contributed by atoms with E-state index in [1.54, 1.807) is 0 Å². The van der Waals surface area contributed by atoms with E-state index in [1.165, 1.54) is 0 Å². The number of benzene rings is 3.